The number of hydrogen-bond donors (Lipinski definition) is 0. The molecule has 6 nitrogen and oxygen atoms in total. The maximum atomic E-state index is 13.9. The predicted octanol–water partition coefficient (Wildman–Crippen LogP) is 6.02. The van der Waals surface area contributed by atoms with Crippen LogP contribution >= 0.6 is 15.9 Å². The van der Waals surface area contributed by atoms with Gasteiger partial charge in [-0.3, -0.25) is 0 Å². The van der Waals surface area contributed by atoms with Crippen molar-refractivity contribution in [1.82, 2.24) is 4.57 Å². The van der Waals surface area contributed by atoms with Crippen molar-refractivity contribution < 1.29 is 19.0 Å². The van der Waals surface area contributed by atoms with E-state index in [0.717, 1.165) is 20.9 Å². The van der Waals surface area contributed by atoms with Crippen LogP contribution in [-0.4, -0.2) is 17.6 Å². The number of fused-ring (bicyclic) bond motifs is 5. The lowest BCUT2D eigenvalue weighted by atomic mass is 9.72. The Morgan fingerprint density at radius 2 is 1.75 bits per heavy atom. The Bertz CT molecular complexity index is 1600. The van der Waals surface area contributed by atoms with Gasteiger partial charge in [-0.05, 0) is 12.1 Å². The summed E-state index contributed by atoms with van der Waals surface area (Å²) in [7, 11) is 3.24. The molecule has 2 aliphatic heterocycles. The first-order valence-corrected chi connectivity index (χ1v) is 12.3. The number of aryl methyl sites for hydroxylation is 1. The molecule has 36 heavy (non-hydrogen) atoms. The molecule has 6 rings (SSSR count). The highest BCUT2D eigenvalue weighted by Gasteiger charge is 2.66. The van der Waals surface area contributed by atoms with E-state index in [0.29, 0.717) is 28.3 Å². The second-order valence-corrected chi connectivity index (χ2v) is 9.70. The summed E-state index contributed by atoms with van der Waals surface area (Å²) in [4.78, 5) is 13.9. The summed E-state index contributed by atoms with van der Waals surface area (Å²) >= 11 is 3.65. The van der Waals surface area contributed by atoms with E-state index < -0.39 is 23.6 Å². The zero-order valence-corrected chi connectivity index (χ0v) is 21.2. The molecule has 3 atom stereocenters. The lowest BCUT2D eigenvalue weighted by molar-refractivity contribution is -0.171. The number of carbonyl (C=O) groups is 1. The fraction of sp³-hybridized carbons (Fsp3) is 0.172. The van der Waals surface area contributed by atoms with Crippen LogP contribution in [0.3, 0.4) is 0 Å². The average molecular weight is 541 g/mol. The molecule has 7 heteroatoms. The Kier molecular flexibility index (Phi) is 5.16. The van der Waals surface area contributed by atoms with Crippen LogP contribution in [0.1, 0.15) is 22.8 Å². The van der Waals surface area contributed by atoms with Gasteiger partial charge in [0.05, 0.1) is 35.8 Å². The molecule has 0 amide bonds. The number of carbonyl (C=O) groups excluding carboxylic acids is 1. The molecule has 2 aliphatic rings. The molecule has 0 fully saturated rings. The molecule has 1 aromatic heterocycles. The molecular weight excluding hydrogens is 520 g/mol. The predicted molar refractivity (Wildman–Crippen MR) is 138 cm³/mol. The van der Waals surface area contributed by atoms with Gasteiger partial charge in [0.15, 0.2) is 0 Å². The highest BCUT2D eigenvalue weighted by Crippen LogP contribution is 2.62. The number of nitriles is 1. The van der Waals surface area contributed by atoms with E-state index in [9.17, 15) is 10.1 Å². The summed E-state index contributed by atoms with van der Waals surface area (Å²) in [5.74, 6) is -0.508. The fourth-order valence-electron chi connectivity index (χ4n) is 5.55. The largest absolute Gasteiger partial charge is 0.469 e. The third-order valence-corrected chi connectivity index (χ3v) is 7.80. The summed E-state index contributed by atoms with van der Waals surface area (Å²) in [5, 5.41) is 11.3. The van der Waals surface area contributed by atoms with Crippen molar-refractivity contribution in [2.45, 2.75) is 11.7 Å². The molecule has 3 aromatic carbocycles. The third kappa shape index (κ3) is 2.91. The van der Waals surface area contributed by atoms with Crippen molar-refractivity contribution in [1.29, 1.82) is 5.26 Å². The van der Waals surface area contributed by atoms with Crippen molar-refractivity contribution in [3.63, 3.8) is 0 Å². The van der Waals surface area contributed by atoms with Crippen LogP contribution < -0.4 is 4.74 Å². The normalized spacial score (nSPS) is 22.3. The van der Waals surface area contributed by atoms with Crippen molar-refractivity contribution in [2.24, 2.45) is 13.0 Å². The van der Waals surface area contributed by atoms with Crippen molar-refractivity contribution in [3.05, 3.63) is 106 Å². The van der Waals surface area contributed by atoms with Crippen LogP contribution in [0.25, 0.3) is 16.7 Å². The van der Waals surface area contributed by atoms with Gasteiger partial charge in [0.2, 0.25) is 11.5 Å². The van der Waals surface area contributed by atoms with E-state index in [1.807, 2.05) is 90.5 Å². The highest BCUT2D eigenvalue weighted by atomic mass is 79.9. The van der Waals surface area contributed by atoms with Gasteiger partial charge in [0.1, 0.15) is 11.9 Å². The topological polar surface area (TPSA) is 73.5 Å². The van der Waals surface area contributed by atoms with E-state index in [2.05, 4.69) is 22.0 Å². The number of rotatable bonds is 3. The smallest absolute Gasteiger partial charge is 0.356 e. The van der Waals surface area contributed by atoms with Gasteiger partial charge in [0, 0.05) is 28.0 Å². The molecule has 0 spiro atoms. The van der Waals surface area contributed by atoms with Gasteiger partial charge < -0.3 is 18.8 Å². The quantitative estimate of drug-likeness (QED) is 0.297. The average Bonchev–Trinajstić information content (AvgIpc) is 3.42. The third-order valence-electron chi connectivity index (χ3n) is 7.08. The first kappa shape index (κ1) is 22.4. The zero-order chi connectivity index (χ0) is 25.0. The minimum Gasteiger partial charge on any atom is -0.469 e. The summed E-state index contributed by atoms with van der Waals surface area (Å²) in [6.45, 7) is 0. The first-order chi connectivity index (χ1) is 17.5. The highest BCUT2D eigenvalue weighted by molar-refractivity contribution is 9.10. The molecule has 178 valence electrons. The number of para-hydroxylation sites is 1. The number of esters is 1. The molecule has 0 radical (unpaired) electrons. The molecule has 3 heterocycles. The minimum absolute atomic E-state index is 0.339. The standard InChI is InChI=1S/C29H21BrN2O4/c1-32-22-15-9-7-13-19(22)24-27(32)35-26(18-12-6-8-14-21(18)30)23-20(16-31)25(17-10-4-3-5-11-17)36-29(23,24)28(33)34-2/h3-15,23,26H,1-2H3/t23-,26-,29-/m1/s1. The second-order valence-electron chi connectivity index (χ2n) is 8.84. The number of aromatic nitrogens is 1. The molecule has 0 saturated heterocycles. The Hall–Kier alpha value is -4.02. The number of nitrogens with zero attached hydrogens (tertiary/aromatic N) is 2. The van der Waals surface area contributed by atoms with Gasteiger partial charge in [-0.15, -0.1) is 0 Å². The van der Waals surface area contributed by atoms with E-state index >= 15 is 0 Å². The van der Waals surface area contributed by atoms with Gasteiger partial charge >= 0.3 is 5.97 Å². The monoisotopic (exact) mass is 540 g/mol. The van der Waals surface area contributed by atoms with Crippen molar-refractivity contribution >= 4 is 38.6 Å². The SMILES string of the molecule is COC(=O)[C@@]12OC(c3ccccc3)=C(C#N)[C@@H]1[C@@H](c1ccccc1Br)Oc1c2c2ccccc2n1C. The maximum absolute atomic E-state index is 13.9. The zero-order valence-electron chi connectivity index (χ0n) is 19.6. The summed E-state index contributed by atoms with van der Waals surface area (Å²) in [6.07, 6.45) is -0.703. The Labute approximate surface area is 216 Å². The van der Waals surface area contributed by atoms with Gasteiger partial charge in [-0.2, -0.15) is 5.26 Å². The number of halogens is 1. The van der Waals surface area contributed by atoms with E-state index in [4.69, 9.17) is 14.2 Å². The molecule has 4 aromatic rings. The number of methoxy groups -OCH3 is 1. The van der Waals surface area contributed by atoms with E-state index in [1.165, 1.54) is 7.11 Å². The fourth-order valence-corrected chi connectivity index (χ4v) is 6.06. The van der Waals surface area contributed by atoms with Crippen LogP contribution in [0, 0.1) is 17.2 Å². The summed E-state index contributed by atoms with van der Waals surface area (Å²) in [5.41, 5.74) is 1.68. The molecule has 0 bridgehead atoms. The Morgan fingerprint density at radius 1 is 1.06 bits per heavy atom. The van der Waals surface area contributed by atoms with E-state index in [-0.39, 0.29) is 0 Å². The lowest BCUT2D eigenvalue weighted by Crippen LogP contribution is -2.49. The van der Waals surface area contributed by atoms with Crippen LogP contribution in [0.5, 0.6) is 5.88 Å². The van der Waals surface area contributed by atoms with Gasteiger partial charge in [-0.1, -0.05) is 82.7 Å². The second kappa shape index (κ2) is 8.28. The van der Waals surface area contributed by atoms with Crippen molar-refractivity contribution in [2.75, 3.05) is 7.11 Å². The molecule has 0 unspecified atom stereocenters. The summed E-state index contributed by atoms with van der Waals surface area (Å²) in [6, 6.07) is 27.2. The van der Waals surface area contributed by atoms with Crippen LogP contribution in [-0.2, 0) is 26.9 Å². The van der Waals surface area contributed by atoms with Crippen LogP contribution in [0.2, 0.25) is 0 Å². The Morgan fingerprint density at radius 3 is 2.47 bits per heavy atom. The number of ether oxygens (including phenoxy) is 3. The van der Waals surface area contributed by atoms with E-state index in [1.54, 1.807) is 0 Å². The number of benzene rings is 3. The molecule has 0 N–H and O–H groups in total. The van der Waals surface area contributed by atoms with Crippen molar-refractivity contribution in [3.8, 4) is 11.9 Å². The minimum atomic E-state index is -1.63. The number of hydrogen-bond acceptors (Lipinski definition) is 5. The van der Waals surface area contributed by atoms with Crippen LogP contribution in [0.4, 0.5) is 0 Å². The molecule has 0 aliphatic carbocycles. The molecule has 0 saturated carbocycles. The molecular formula is C29H21BrN2O4. The van der Waals surface area contributed by atoms with Gasteiger partial charge in [0.25, 0.3) is 0 Å². The maximum Gasteiger partial charge on any atom is 0.356 e. The summed E-state index contributed by atoms with van der Waals surface area (Å²) < 4.78 is 21.6. The van der Waals surface area contributed by atoms with Crippen LogP contribution in [0.15, 0.2) is 88.9 Å². The lowest BCUT2D eigenvalue weighted by Gasteiger charge is -2.41. The first-order valence-electron chi connectivity index (χ1n) is 11.5. The van der Waals surface area contributed by atoms with Gasteiger partial charge in [-0.25, -0.2) is 4.79 Å². The Balaban J connectivity index is 1.74.